The Labute approximate surface area is 152 Å². The predicted octanol–water partition coefficient (Wildman–Crippen LogP) is 2.52. The zero-order valence-electron chi connectivity index (χ0n) is 14.5. The van der Waals surface area contributed by atoms with Crippen LogP contribution in [0.15, 0.2) is 22.7 Å². The summed E-state index contributed by atoms with van der Waals surface area (Å²) in [6.45, 7) is 3.35. The molecule has 1 aromatic carbocycles. The third-order valence-corrected chi connectivity index (χ3v) is 5.25. The quantitative estimate of drug-likeness (QED) is 0.706. The molecule has 1 aliphatic rings. The molecule has 24 heavy (non-hydrogen) atoms. The molecule has 2 rings (SSSR count). The number of carbonyl (C=O) groups is 1. The molecule has 1 amide bonds. The summed E-state index contributed by atoms with van der Waals surface area (Å²) in [5.74, 6) is 0.895. The number of ether oxygens (including phenoxy) is 2. The summed E-state index contributed by atoms with van der Waals surface area (Å²) in [4.78, 5) is 12.2. The molecule has 0 atom stereocenters. The summed E-state index contributed by atoms with van der Waals surface area (Å²) in [6.07, 6.45) is 3.27. The Morgan fingerprint density at radius 3 is 2.71 bits per heavy atom. The highest BCUT2D eigenvalue weighted by Crippen LogP contribution is 2.28. The zero-order valence-corrected chi connectivity index (χ0v) is 16.1. The largest absolute Gasteiger partial charge is 0.496 e. The molecule has 0 unspecified atom stereocenters. The van der Waals surface area contributed by atoms with Gasteiger partial charge in [0.05, 0.1) is 18.2 Å². The molecule has 0 aliphatic carbocycles. The van der Waals surface area contributed by atoms with Crippen LogP contribution in [0.5, 0.6) is 5.75 Å². The lowest BCUT2D eigenvalue weighted by Gasteiger charge is -2.37. The van der Waals surface area contributed by atoms with E-state index in [1.807, 2.05) is 18.2 Å². The summed E-state index contributed by atoms with van der Waals surface area (Å²) >= 11 is 3.48. The van der Waals surface area contributed by atoms with Crippen molar-refractivity contribution in [3.63, 3.8) is 0 Å². The third-order valence-electron chi connectivity index (χ3n) is 4.63. The molecule has 6 heteroatoms. The molecule has 5 nitrogen and oxygen atoms in total. The van der Waals surface area contributed by atoms with Crippen molar-refractivity contribution in [3.8, 4) is 5.75 Å². The maximum Gasteiger partial charge on any atom is 0.220 e. The van der Waals surface area contributed by atoms with E-state index in [1.165, 1.54) is 0 Å². The zero-order chi connectivity index (χ0) is 17.4. The lowest BCUT2D eigenvalue weighted by atomic mass is 9.79. The fraction of sp³-hybridized carbons (Fsp3) is 0.611. The molecule has 1 heterocycles. The van der Waals surface area contributed by atoms with Crippen LogP contribution in [-0.4, -0.2) is 46.4 Å². The van der Waals surface area contributed by atoms with Crippen LogP contribution in [0.1, 0.15) is 24.8 Å². The predicted molar refractivity (Wildman–Crippen MR) is 98.4 cm³/mol. The number of hydrogen-bond donors (Lipinski definition) is 2. The standard InChI is InChI=1S/C18H27BrN2O3/c1-23-13-18(7-9-20-10-8-18)12-21-17(22)6-4-14-3-5-16(24-2)15(19)11-14/h3,5,11,20H,4,6-10,12-13H2,1-2H3,(H,21,22). The molecule has 1 fully saturated rings. The lowest BCUT2D eigenvalue weighted by Crippen LogP contribution is -2.47. The number of piperidine rings is 1. The lowest BCUT2D eigenvalue weighted by molar-refractivity contribution is -0.122. The first kappa shape index (κ1) is 19.2. The van der Waals surface area contributed by atoms with Crippen molar-refractivity contribution in [3.05, 3.63) is 28.2 Å². The molecular formula is C18H27BrN2O3. The van der Waals surface area contributed by atoms with Crippen molar-refractivity contribution in [2.75, 3.05) is 40.5 Å². The van der Waals surface area contributed by atoms with Crippen LogP contribution in [0.25, 0.3) is 0 Å². The van der Waals surface area contributed by atoms with Crippen molar-refractivity contribution in [2.45, 2.75) is 25.7 Å². The molecule has 0 bridgehead atoms. The van der Waals surface area contributed by atoms with Crippen LogP contribution in [0.3, 0.4) is 0 Å². The molecule has 2 N–H and O–H groups in total. The number of amides is 1. The van der Waals surface area contributed by atoms with E-state index in [2.05, 4.69) is 26.6 Å². The van der Waals surface area contributed by atoms with E-state index < -0.39 is 0 Å². The number of rotatable bonds is 8. The van der Waals surface area contributed by atoms with Gasteiger partial charge in [0.15, 0.2) is 0 Å². The maximum absolute atomic E-state index is 12.2. The molecule has 1 saturated heterocycles. The van der Waals surface area contributed by atoms with Crippen molar-refractivity contribution in [1.82, 2.24) is 10.6 Å². The van der Waals surface area contributed by atoms with Crippen molar-refractivity contribution >= 4 is 21.8 Å². The van der Waals surface area contributed by atoms with Gasteiger partial charge in [-0.25, -0.2) is 0 Å². The Hall–Kier alpha value is -1.11. The number of carbonyl (C=O) groups excluding carboxylic acids is 1. The first-order valence-corrected chi connectivity index (χ1v) is 9.17. The van der Waals surface area contributed by atoms with Gasteiger partial charge in [-0.3, -0.25) is 4.79 Å². The van der Waals surface area contributed by atoms with Crippen molar-refractivity contribution in [2.24, 2.45) is 5.41 Å². The van der Waals surface area contributed by atoms with E-state index in [0.29, 0.717) is 26.0 Å². The van der Waals surface area contributed by atoms with Crippen molar-refractivity contribution < 1.29 is 14.3 Å². The van der Waals surface area contributed by atoms with Gasteiger partial charge in [0.25, 0.3) is 0 Å². The van der Waals surface area contributed by atoms with E-state index in [0.717, 1.165) is 41.7 Å². The van der Waals surface area contributed by atoms with Gasteiger partial charge in [-0.15, -0.1) is 0 Å². The van der Waals surface area contributed by atoms with Gasteiger partial charge < -0.3 is 20.1 Å². The van der Waals surface area contributed by atoms with Gasteiger partial charge in [0.1, 0.15) is 5.75 Å². The van der Waals surface area contributed by atoms with Gasteiger partial charge >= 0.3 is 0 Å². The summed E-state index contributed by atoms with van der Waals surface area (Å²) in [6, 6.07) is 5.92. The minimum absolute atomic E-state index is 0.0683. The first-order valence-electron chi connectivity index (χ1n) is 8.37. The molecule has 0 spiro atoms. The fourth-order valence-corrected chi connectivity index (χ4v) is 3.72. The van der Waals surface area contributed by atoms with Crippen LogP contribution < -0.4 is 15.4 Å². The second kappa shape index (κ2) is 9.39. The molecule has 134 valence electrons. The highest BCUT2D eigenvalue weighted by Gasteiger charge is 2.32. The van der Waals surface area contributed by atoms with Crippen LogP contribution >= 0.6 is 15.9 Å². The minimum Gasteiger partial charge on any atom is -0.496 e. The maximum atomic E-state index is 12.2. The van der Waals surface area contributed by atoms with E-state index in [9.17, 15) is 4.79 Å². The summed E-state index contributed by atoms with van der Waals surface area (Å²) in [5, 5.41) is 6.47. The van der Waals surface area contributed by atoms with Gasteiger partial charge in [-0.2, -0.15) is 0 Å². The summed E-state index contributed by atoms with van der Waals surface area (Å²) in [7, 11) is 3.37. The number of aryl methyl sites for hydroxylation is 1. The molecule has 0 aromatic heterocycles. The number of methoxy groups -OCH3 is 2. The number of hydrogen-bond acceptors (Lipinski definition) is 4. The third kappa shape index (κ3) is 5.46. The average Bonchev–Trinajstić information content (AvgIpc) is 2.59. The second-order valence-electron chi connectivity index (χ2n) is 6.43. The molecular weight excluding hydrogens is 372 g/mol. The smallest absolute Gasteiger partial charge is 0.220 e. The molecule has 1 aromatic rings. The highest BCUT2D eigenvalue weighted by atomic mass is 79.9. The number of nitrogens with one attached hydrogen (secondary N) is 2. The first-order chi connectivity index (χ1) is 11.6. The Morgan fingerprint density at radius 1 is 1.33 bits per heavy atom. The second-order valence-corrected chi connectivity index (χ2v) is 7.28. The van der Waals surface area contributed by atoms with Crippen LogP contribution in [0, 0.1) is 5.41 Å². The Balaban J connectivity index is 1.81. The van der Waals surface area contributed by atoms with Crippen LogP contribution in [0.4, 0.5) is 0 Å². The van der Waals surface area contributed by atoms with Gasteiger partial charge in [0, 0.05) is 25.5 Å². The van der Waals surface area contributed by atoms with Crippen LogP contribution in [-0.2, 0) is 16.0 Å². The Kier molecular flexibility index (Phi) is 7.52. The monoisotopic (exact) mass is 398 g/mol. The Bertz CT molecular complexity index is 540. The van der Waals surface area contributed by atoms with E-state index >= 15 is 0 Å². The fourth-order valence-electron chi connectivity index (χ4n) is 3.13. The van der Waals surface area contributed by atoms with Gasteiger partial charge in [-0.05, 0) is 66.0 Å². The minimum atomic E-state index is 0.0683. The van der Waals surface area contributed by atoms with Gasteiger partial charge in [-0.1, -0.05) is 6.07 Å². The van der Waals surface area contributed by atoms with E-state index in [1.54, 1.807) is 14.2 Å². The summed E-state index contributed by atoms with van der Waals surface area (Å²) in [5.41, 5.74) is 1.19. The number of halogens is 1. The molecule has 1 aliphatic heterocycles. The van der Waals surface area contributed by atoms with Gasteiger partial charge in [0.2, 0.25) is 5.91 Å². The number of benzene rings is 1. The van der Waals surface area contributed by atoms with Crippen molar-refractivity contribution in [1.29, 1.82) is 0 Å². The Morgan fingerprint density at radius 2 is 2.08 bits per heavy atom. The normalized spacial score (nSPS) is 16.6. The molecule has 0 radical (unpaired) electrons. The van der Waals surface area contributed by atoms with Crippen LogP contribution in [0.2, 0.25) is 0 Å². The molecule has 0 saturated carbocycles. The van der Waals surface area contributed by atoms with E-state index in [-0.39, 0.29) is 11.3 Å². The average molecular weight is 399 g/mol. The topological polar surface area (TPSA) is 59.6 Å². The summed E-state index contributed by atoms with van der Waals surface area (Å²) < 4.78 is 11.5. The van der Waals surface area contributed by atoms with E-state index in [4.69, 9.17) is 9.47 Å². The highest BCUT2D eigenvalue weighted by molar-refractivity contribution is 9.10. The SMILES string of the molecule is COCC1(CNC(=O)CCc2ccc(OC)c(Br)c2)CCNCC1.